The molecule has 1 aliphatic carbocycles. The molecule has 13 heavy (non-hydrogen) atoms. The van der Waals surface area contributed by atoms with E-state index in [9.17, 15) is 4.21 Å². The minimum atomic E-state index is -0.913. The quantitative estimate of drug-likeness (QED) is 0.747. The molecule has 1 N–H and O–H groups in total. The second-order valence-corrected chi connectivity index (χ2v) is 7.16. The minimum absolute atomic E-state index is 0.146. The molecule has 0 radical (unpaired) electrons. The summed E-state index contributed by atoms with van der Waals surface area (Å²) in [5, 5.41) is 0. The first kappa shape index (κ1) is 11.2. The standard InChI is InChI=1S/C10H21NOS/c1-7-6-9(7)8(2)11-13(12)10(3,4)5/h7-9,11H,6H2,1-5H3/t7-,8-,9-,13?/m0/s1. The number of nitrogens with one attached hydrogen (secondary N) is 1. The van der Waals surface area contributed by atoms with Crippen LogP contribution in [0.4, 0.5) is 0 Å². The maximum Gasteiger partial charge on any atom is 0.0972 e. The van der Waals surface area contributed by atoms with Gasteiger partial charge < -0.3 is 0 Å². The van der Waals surface area contributed by atoms with Crippen molar-refractivity contribution in [2.75, 3.05) is 0 Å². The molecule has 0 aromatic heterocycles. The maximum absolute atomic E-state index is 11.7. The smallest absolute Gasteiger partial charge is 0.0972 e. The van der Waals surface area contributed by atoms with Crippen LogP contribution >= 0.6 is 0 Å². The Morgan fingerprint density at radius 2 is 1.92 bits per heavy atom. The molecule has 0 aliphatic heterocycles. The fourth-order valence-corrected chi connectivity index (χ4v) is 2.35. The predicted molar refractivity (Wildman–Crippen MR) is 57.8 cm³/mol. The van der Waals surface area contributed by atoms with Crippen molar-refractivity contribution in [2.45, 2.75) is 51.8 Å². The molecular weight excluding hydrogens is 182 g/mol. The van der Waals surface area contributed by atoms with Crippen LogP contribution in [0.1, 0.15) is 41.0 Å². The summed E-state index contributed by atoms with van der Waals surface area (Å²) in [6.45, 7) is 10.4. The summed E-state index contributed by atoms with van der Waals surface area (Å²) in [4.78, 5) is 0. The molecule has 0 aromatic rings. The number of hydrogen-bond donors (Lipinski definition) is 1. The molecule has 2 nitrogen and oxygen atoms in total. The first-order valence-corrected chi connectivity index (χ1v) is 6.15. The fourth-order valence-electron chi connectivity index (χ4n) is 1.48. The summed E-state index contributed by atoms with van der Waals surface area (Å²) in [7, 11) is -0.913. The van der Waals surface area contributed by atoms with Gasteiger partial charge in [0.25, 0.3) is 0 Å². The summed E-state index contributed by atoms with van der Waals surface area (Å²) in [6.07, 6.45) is 1.29. The van der Waals surface area contributed by atoms with Crippen molar-refractivity contribution in [3.63, 3.8) is 0 Å². The largest absolute Gasteiger partial charge is 0.242 e. The molecule has 0 heterocycles. The molecule has 1 aliphatic rings. The summed E-state index contributed by atoms with van der Waals surface area (Å²) in [5.74, 6) is 1.56. The summed E-state index contributed by atoms with van der Waals surface area (Å²) < 4.78 is 14.8. The average molecular weight is 203 g/mol. The lowest BCUT2D eigenvalue weighted by Gasteiger charge is -2.21. The first-order valence-electron chi connectivity index (χ1n) is 5.00. The van der Waals surface area contributed by atoms with Crippen molar-refractivity contribution in [3.05, 3.63) is 0 Å². The Bertz CT molecular complexity index is 209. The van der Waals surface area contributed by atoms with Gasteiger partial charge >= 0.3 is 0 Å². The highest BCUT2D eigenvalue weighted by Gasteiger charge is 2.38. The van der Waals surface area contributed by atoms with Crippen LogP contribution in [0.3, 0.4) is 0 Å². The van der Waals surface area contributed by atoms with Gasteiger partial charge in [0.2, 0.25) is 0 Å². The third kappa shape index (κ3) is 3.06. The van der Waals surface area contributed by atoms with E-state index in [1.807, 2.05) is 20.8 Å². The number of hydrogen-bond acceptors (Lipinski definition) is 1. The lowest BCUT2D eigenvalue weighted by atomic mass is 10.2. The molecule has 1 saturated carbocycles. The summed E-state index contributed by atoms with van der Waals surface area (Å²) in [5.41, 5.74) is 0. The van der Waals surface area contributed by atoms with Crippen molar-refractivity contribution >= 4 is 11.0 Å². The average Bonchev–Trinajstić information content (AvgIpc) is 2.64. The van der Waals surface area contributed by atoms with E-state index in [4.69, 9.17) is 0 Å². The van der Waals surface area contributed by atoms with E-state index >= 15 is 0 Å². The van der Waals surface area contributed by atoms with Crippen LogP contribution in [0.25, 0.3) is 0 Å². The van der Waals surface area contributed by atoms with Crippen molar-refractivity contribution in [1.29, 1.82) is 0 Å². The van der Waals surface area contributed by atoms with Gasteiger partial charge in [-0.25, -0.2) is 8.93 Å². The molecule has 1 unspecified atom stereocenters. The molecule has 0 saturated heterocycles. The maximum atomic E-state index is 11.7. The van der Waals surface area contributed by atoms with Crippen LogP contribution in [-0.4, -0.2) is 15.0 Å². The molecule has 4 atom stereocenters. The molecule has 1 fully saturated rings. The molecule has 0 spiro atoms. The minimum Gasteiger partial charge on any atom is -0.242 e. The van der Waals surface area contributed by atoms with Gasteiger partial charge in [0, 0.05) is 6.04 Å². The van der Waals surface area contributed by atoms with Gasteiger partial charge in [0.1, 0.15) is 0 Å². The van der Waals surface area contributed by atoms with Crippen LogP contribution < -0.4 is 4.72 Å². The van der Waals surface area contributed by atoms with E-state index in [-0.39, 0.29) is 4.75 Å². The van der Waals surface area contributed by atoms with Crippen molar-refractivity contribution in [2.24, 2.45) is 11.8 Å². The lowest BCUT2D eigenvalue weighted by molar-refractivity contribution is 0.547. The Hall–Kier alpha value is 0.110. The second-order valence-electron chi connectivity index (χ2n) is 5.16. The molecule has 0 bridgehead atoms. The molecule has 78 valence electrons. The fraction of sp³-hybridized carbons (Fsp3) is 1.00. The van der Waals surface area contributed by atoms with E-state index in [1.54, 1.807) is 0 Å². The van der Waals surface area contributed by atoms with Crippen molar-refractivity contribution < 1.29 is 4.21 Å². The zero-order chi connectivity index (χ0) is 10.2. The van der Waals surface area contributed by atoms with Gasteiger partial charge in [-0.05, 0) is 46.0 Å². The zero-order valence-corrected chi connectivity index (χ0v) is 10.1. The topological polar surface area (TPSA) is 29.1 Å². The van der Waals surface area contributed by atoms with E-state index in [0.717, 1.165) is 11.8 Å². The Labute approximate surface area is 84.1 Å². The predicted octanol–water partition coefficient (Wildman–Crippen LogP) is 2.08. The summed E-state index contributed by atoms with van der Waals surface area (Å²) >= 11 is 0. The van der Waals surface area contributed by atoms with Crippen LogP contribution in [0.5, 0.6) is 0 Å². The highest BCUT2D eigenvalue weighted by molar-refractivity contribution is 7.84. The molecule has 3 heteroatoms. The molecule has 1 rings (SSSR count). The van der Waals surface area contributed by atoms with Crippen LogP contribution in [0.2, 0.25) is 0 Å². The van der Waals surface area contributed by atoms with Gasteiger partial charge in [-0.2, -0.15) is 0 Å². The highest BCUT2D eigenvalue weighted by atomic mass is 32.2. The van der Waals surface area contributed by atoms with E-state index < -0.39 is 11.0 Å². The Balaban J connectivity index is 2.36. The van der Waals surface area contributed by atoms with E-state index in [1.165, 1.54) is 6.42 Å². The summed E-state index contributed by atoms with van der Waals surface area (Å²) in [6, 6.07) is 0.398. The molecule has 0 aromatic carbocycles. The van der Waals surface area contributed by atoms with Crippen molar-refractivity contribution in [3.8, 4) is 0 Å². The Kier molecular flexibility index (Phi) is 3.18. The van der Waals surface area contributed by atoms with Gasteiger partial charge in [-0.3, -0.25) is 0 Å². The van der Waals surface area contributed by atoms with Crippen LogP contribution in [0.15, 0.2) is 0 Å². The first-order chi connectivity index (χ1) is 5.82. The molecule has 0 amide bonds. The van der Waals surface area contributed by atoms with E-state index in [2.05, 4.69) is 18.6 Å². The Morgan fingerprint density at radius 1 is 1.46 bits per heavy atom. The van der Waals surface area contributed by atoms with Gasteiger partial charge in [-0.15, -0.1) is 0 Å². The third-order valence-electron chi connectivity index (χ3n) is 2.66. The monoisotopic (exact) mass is 203 g/mol. The van der Waals surface area contributed by atoms with Crippen LogP contribution in [-0.2, 0) is 11.0 Å². The van der Waals surface area contributed by atoms with Gasteiger partial charge in [0.15, 0.2) is 0 Å². The van der Waals surface area contributed by atoms with Gasteiger partial charge in [-0.1, -0.05) is 6.92 Å². The molecular formula is C10H21NOS. The zero-order valence-electron chi connectivity index (χ0n) is 9.26. The SMILES string of the molecule is C[C@H](NS(=O)C(C)(C)C)[C@H]1C[C@@H]1C. The lowest BCUT2D eigenvalue weighted by Crippen LogP contribution is -2.39. The highest BCUT2D eigenvalue weighted by Crippen LogP contribution is 2.40. The van der Waals surface area contributed by atoms with Crippen LogP contribution in [0, 0.1) is 11.8 Å². The Morgan fingerprint density at radius 3 is 2.23 bits per heavy atom. The van der Waals surface area contributed by atoms with E-state index in [0.29, 0.717) is 6.04 Å². The number of rotatable bonds is 3. The van der Waals surface area contributed by atoms with Crippen molar-refractivity contribution in [1.82, 2.24) is 4.72 Å². The normalized spacial score (nSPS) is 32.7. The third-order valence-corrected chi connectivity index (χ3v) is 4.36. The second kappa shape index (κ2) is 3.70. The van der Waals surface area contributed by atoms with Gasteiger partial charge in [0.05, 0.1) is 15.7 Å².